The molecular formula is C18H28I2O. The molecule has 0 aliphatic heterocycles. The molecule has 5 atom stereocenters. The highest BCUT2D eigenvalue weighted by atomic mass is 127. The highest BCUT2D eigenvalue weighted by molar-refractivity contribution is 14.1. The van der Waals surface area contributed by atoms with E-state index in [9.17, 15) is 5.11 Å². The molecule has 0 saturated heterocycles. The number of allylic oxidation sites excluding steroid dienone is 3. The monoisotopic (exact) mass is 514 g/mol. The largest absolute Gasteiger partial charge is 0.391 e. The average Bonchev–Trinajstić information content (AvgIpc) is 2.44. The van der Waals surface area contributed by atoms with E-state index >= 15 is 0 Å². The lowest BCUT2D eigenvalue weighted by Crippen LogP contribution is -2.45. The first-order valence-electron chi connectivity index (χ1n) is 8.16. The second-order valence-corrected chi connectivity index (χ2v) is 11.4. The Hall–Kier alpha value is 0.900. The lowest BCUT2D eigenvalue weighted by atomic mass is 9.70. The molecule has 0 heterocycles. The molecule has 0 amide bonds. The first-order valence-corrected chi connectivity index (χ1v) is 10.5. The Kier molecular flexibility index (Phi) is 6.26. The van der Waals surface area contributed by atoms with Gasteiger partial charge in [0.1, 0.15) is 0 Å². The van der Waals surface area contributed by atoms with Gasteiger partial charge in [0.2, 0.25) is 0 Å². The van der Waals surface area contributed by atoms with Crippen molar-refractivity contribution in [1.82, 2.24) is 0 Å². The van der Waals surface area contributed by atoms with Gasteiger partial charge in [-0.1, -0.05) is 96.2 Å². The third-order valence-electron chi connectivity index (χ3n) is 5.30. The van der Waals surface area contributed by atoms with Crippen LogP contribution in [0.3, 0.4) is 0 Å². The molecule has 0 aromatic rings. The fourth-order valence-electron chi connectivity index (χ4n) is 3.73. The van der Waals surface area contributed by atoms with Crippen molar-refractivity contribution in [3.8, 4) is 0 Å². The van der Waals surface area contributed by atoms with Crippen LogP contribution in [0.25, 0.3) is 0 Å². The van der Waals surface area contributed by atoms with Crippen molar-refractivity contribution in [1.29, 1.82) is 0 Å². The van der Waals surface area contributed by atoms with E-state index in [0.717, 1.165) is 0 Å². The van der Waals surface area contributed by atoms with Crippen molar-refractivity contribution in [3.63, 3.8) is 0 Å². The summed E-state index contributed by atoms with van der Waals surface area (Å²) in [5.74, 6) is 1.41. The van der Waals surface area contributed by atoms with E-state index in [1.807, 2.05) is 0 Å². The number of rotatable bonds is 3. The van der Waals surface area contributed by atoms with Crippen LogP contribution in [0, 0.1) is 17.8 Å². The van der Waals surface area contributed by atoms with E-state index in [4.69, 9.17) is 0 Å². The predicted molar refractivity (Wildman–Crippen MR) is 108 cm³/mol. The summed E-state index contributed by atoms with van der Waals surface area (Å²) < 4.78 is 0.508. The maximum atomic E-state index is 10.7. The molecule has 3 heteroatoms. The van der Waals surface area contributed by atoms with Gasteiger partial charge in [0.25, 0.3) is 0 Å². The van der Waals surface area contributed by atoms with Crippen LogP contribution in [-0.4, -0.2) is 18.6 Å². The minimum absolute atomic E-state index is 0.190. The van der Waals surface area contributed by atoms with Crippen LogP contribution in [0.2, 0.25) is 0 Å². The Labute approximate surface area is 157 Å². The zero-order chi connectivity index (χ0) is 15.8. The number of halogens is 2. The third-order valence-corrected chi connectivity index (χ3v) is 7.53. The summed E-state index contributed by atoms with van der Waals surface area (Å²) in [5, 5.41) is 10.7. The molecule has 0 fully saturated rings. The Morgan fingerprint density at radius 3 is 2.52 bits per heavy atom. The zero-order valence-electron chi connectivity index (χ0n) is 13.6. The second-order valence-electron chi connectivity index (χ2n) is 7.17. The fourth-order valence-corrected chi connectivity index (χ4v) is 6.72. The third kappa shape index (κ3) is 4.06. The fraction of sp³-hybridized carbons (Fsp3) is 0.778. The molecule has 1 N–H and O–H groups in total. The van der Waals surface area contributed by atoms with Gasteiger partial charge in [-0.3, -0.25) is 0 Å². The summed E-state index contributed by atoms with van der Waals surface area (Å²) in [6, 6.07) is 0. The van der Waals surface area contributed by atoms with Gasteiger partial charge in [0.05, 0.1) is 6.10 Å². The summed E-state index contributed by atoms with van der Waals surface area (Å²) in [4.78, 5) is 0. The van der Waals surface area contributed by atoms with Gasteiger partial charge in [-0.25, -0.2) is 0 Å². The molecule has 0 radical (unpaired) electrons. The number of hydrogen-bond acceptors (Lipinski definition) is 1. The average molecular weight is 514 g/mol. The van der Waals surface area contributed by atoms with Crippen LogP contribution in [0.15, 0.2) is 23.3 Å². The molecule has 2 rings (SSSR count). The van der Waals surface area contributed by atoms with Crippen molar-refractivity contribution in [2.45, 2.75) is 66.8 Å². The van der Waals surface area contributed by atoms with Gasteiger partial charge in [0, 0.05) is 19.2 Å². The summed E-state index contributed by atoms with van der Waals surface area (Å²) in [7, 11) is 0. The summed E-state index contributed by atoms with van der Waals surface area (Å²) in [6.45, 7) is 9.05. The maximum Gasteiger partial charge on any atom is 0.0726 e. The normalized spacial score (nSPS) is 38.0. The smallest absolute Gasteiger partial charge is 0.0726 e. The first kappa shape index (κ1) is 18.2. The molecule has 120 valence electrons. The summed E-state index contributed by atoms with van der Waals surface area (Å²) >= 11 is 5.01. The standard InChI is InChI=1S/C18H28I2O/c1-5-12-6-8-13(9-7-12)14-10-15(18(3,4)20)16(19)17(21)11(14)2/h6,10-11,13,15-17,21H,5,7-9H2,1-4H3/t11?,13?,15-,16-,17?/m1/s1. The van der Waals surface area contributed by atoms with Crippen LogP contribution in [0.5, 0.6) is 0 Å². The van der Waals surface area contributed by atoms with E-state index in [1.54, 1.807) is 5.57 Å². The van der Waals surface area contributed by atoms with Gasteiger partial charge < -0.3 is 5.11 Å². The molecular weight excluding hydrogens is 486 g/mol. The van der Waals surface area contributed by atoms with E-state index in [1.165, 1.54) is 31.3 Å². The summed E-state index contributed by atoms with van der Waals surface area (Å²) in [5.41, 5.74) is 3.14. The molecule has 0 saturated carbocycles. The van der Waals surface area contributed by atoms with E-state index in [-0.39, 0.29) is 9.53 Å². The van der Waals surface area contributed by atoms with Gasteiger partial charge in [-0.05, 0) is 31.6 Å². The number of aliphatic hydroxyl groups is 1. The molecule has 1 nitrogen and oxygen atoms in total. The number of aliphatic hydroxyl groups excluding tert-OH is 1. The highest BCUT2D eigenvalue weighted by Gasteiger charge is 2.42. The van der Waals surface area contributed by atoms with Crippen molar-refractivity contribution < 1.29 is 5.11 Å². The van der Waals surface area contributed by atoms with Gasteiger partial charge >= 0.3 is 0 Å². The van der Waals surface area contributed by atoms with E-state index < -0.39 is 0 Å². The van der Waals surface area contributed by atoms with Crippen LogP contribution in [0.4, 0.5) is 0 Å². The molecule has 0 aromatic heterocycles. The SMILES string of the molecule is CCC1=CCC(C2=C[C@@H](C(C)(C)I)[C@@H](I)C(O)C2C)CC1. The van der Waals surface area contributed by atoms with E-state index in [2.05, 4.69) is 85.0 Å². The molecule has 2 aliphatic carbocycles. The Bertz CT molecular complexity index is 433. The molecule has 0 spiro atoms. The quantitative estimate of drug-likeness (QED) is 0.292. The van der Waals surface area contributed by atoms with Crippen molar-refractivity contribution >= 4 is 45.2 Å². The molecule has 21 heavy (non-hydrogen) atoms. The minimum Gasteiger partial charge on any atom is -0.391 e. The number of hydrogen-bond donors (Lipinski definition) is 1. The second kappa shape index (κ2) is 7.20. The molecule has 0 bridgehead atoms. The topological polar surface area (TPSA) is 20.2 Å². The van der Waals surface area contributed by atoms with Crippen molar-refractivity contribution in [2.24, 2.45) is 17.8 Å². The molecule has 0 aromatic carbocycles. The van der Waals surface area contributed by atoms with Crippen LogP contribution in [0.1, 0.15) is 53.4 Å². The minimum atomic E-state index is -0.207. The maximum absolute atomic E-state index is 10.7. The van der Waals surface area contributed by atoms with E-state index in [0.29, 0.717) is 21.7 Å². The van der Waals surface area contributed by atoms with Gasteiger partial charge in [-0.2, -0.15) is 0 Å². The van der Waals surface area contributed by atoms with Crippen LogP contribution in [-0.2, 0) is 0 Å². The van der Waals surface area contributed by atoms with Gasteiger partial charge in [-0.15, -0.1) is 0 Å². The molecule has 3 unspecified atom stereocenters. The molecule has 2 aliphatic rings. The Balaban J connectivity index is 2.26. The Morgan fingerprint density at radius 2 is 2.05 bits per heavy atom. The Morgan fingerprint density at radius 1 is 1.38 bits per heavy atom. The van der Waals surface area contributed by atoms with Crippen molar-refractivity contribution in [2.75, 3.05) is 0 Å². The highest BCUT2D eigenvalue weighted by Crippen LogP contribution is 2.46. The van der Waals surface area contributed by atoms with Crippen molar-refractivity contribution in [3.05, 3.63) is 23.3 Å². The predicted octanol–water partition coefficient (Wildman–Crippen LogP) is 5.69. The van der Waals surface area contributed by atoms with Crippen LogP contribution < -0.4 is 0 Å². The lowest BCUT2D eigenvalue weighted by Gasteiger charge is -2.43. The number of alkyl halides is 2. The lowest BCUT2D eigenvalue weighted by molar-refractivity contribution is 0.103. The van der Waals surface area contributed by atoms with Gasteiger partial charge in [0.15, 0.2) is 0 Å². The zero-order valence-corrected chi connectivity index (χ0v) is 17.9. The van der Waals surface area contributed by atoms with Crippen LogP contribution >= 0.6 is 45.2 Å². The first-order chi connectivity index (χ1) is 9.75. The summed E-state index contributed by atoms with van der Waals surface area (Å²) in [6.07, 6.45) is 9.65.